The molecule has 7 aromatic carbocycles. The van der Waals surface area contributed by atoms with Crippen molar-refractivity contribution >= 4 is 70.8 Å². The highest BCUT2D eigenvalue weighted by Gasteiger charge is 2.23. The summed E-state index contributed by atoms with van der Waals surface area (Å²) in [5, 5.41) is 10.5. The summed E-state index contributed by atoms with van der Waals surface area (Å²) in [5.41, 5.74) is 8.36. The first kappa shape index (κ1) is 25.6. The lowest BCUT2D eigenvalue weighted by Crippen LogP contribution is -1.95. The Hall–Kier alpha value is -5.86. The third-order valence-electron chi connectivity index (χ3n) is 9.20. The second-order valence-electron chi connectivity index (χ2n) is 11.7. The standard InChI is InChI=1S/C43H28O2/c1-3-12-35(43-26(2)30-15-10-11-20-38(30)45-43)42-33-18-8-6-16-31(33)41(32-17-7-9-19-34(32)42)29-21-22-39-36(24-29)37-23-27-13-4-5-14-28(27)25-40(37)44-39/h3-25H,1H2,2H3/b35-12-. The van der Waals surface area contributed by atoms with E-state index in [0.29, 0.717) is 0 Å². The van der Waals surface area contributed by atoms with Crippen molar-refractivity contribution in [2.45, 2.75) is 6.92 Å². The summed E-state index contributed by atoms with van der Waals surface area (Å²) in [6.07, 6.45) is 3.95. The minimum Gasteiger partial charge on any atom is -0.456 e. The van der Waals surface area contributed by atoms with Gasteiger partial charge in [0.15, 0.2) is 0 Å². The predicted molar refractivity (Wildman–Crippen MR) is 190 cm³/mol. The highest BCUT2D eigenvalue weighted by molar-refractivity contribution is 6.21. The molecule has 0 amide bonds. The van der Waals surface area contributed by atoms with Gasteiger partial charge in [0, 0.05) is 32.9 Å². The number of para-hydroxylation sites is 1. The summed E-state index contributed by atoms with van der Waals surface area (Å²) in [4.78, 5) is 0. The van der Waals surface area contributed by atoms with E-state index in [1.165, 1.54) is 37.9 Å². The van der Waals surface area contributed by atoms with Crippen molar-refractivity contribution in [2.75, 3.05) is 0 Å². The molecule has 0 aliphatic rings. The van der Waals surface area contributed by atoms with Gasteiger partial charge in [0.05, 0.1) is 0 Å². The number of aryl methyl sites for hydroxylation is 1. The molecule has 2 aromatic heterocycles. The first-order chi connectivity index (χ1) is 22.2. The molecule has 0 bridgehead atoms. The zero-order chi connectivity index (χ0) is 30.1. The van der Waals surface area contributed by atoms with Crippen LogP contribution in [0.4, 0.5) is 0 Å². The van der Waals surface area contributed by atoms with Crippen LogP contribution in [0.5, 0.6) is 0 Å². The molecule has 0 fully saturated rings. The Balaban J connectivity index is 1.35. The second kappa shape index (κ2) is 9.83. The van der Waals surface area contributed by atoms with E-state index >= 15 is 0 Å². The van der Waals surface area contributed by atoms with Gasteiger partial charge in [-0.2, -0.15) is 0 Å². The molecule has 0 radical (unpaired) electrons. The quantitative estimate of drug-likeness (QED) is 0.154. The van der Waals surface area contributed by atoms with Crippen molar-refractivity contribution in [3.8, 4) is 11.1 Å². The first-order valence-electron chi connectivity index (χ1n) is 15.3. The number of furan rings is 2. The van der Waals surface area contributed by atoms with Gasteiger partial charge in [0.2, 0.25) is 0 Å². The van der Waals surface area contributed by atoms with Gasteiger partial charge in [-0.05, 0) is 80.7 Å². The van der Waals surface area contributed by atoms with Crippen LogP contribution in [0.2, 0.25) is 0 Å². The summed E-state index contributed by atoms with van der Waals surface area (Å²) >= 11 is 0. The molecular weight excluding hydrogens is 548 g/mol. The average Bonchev–Trinajstić information content (AvgIpc) is 3.61. The van der Waals surface area contributed by atoms with Gasteiger partial charge in [-0.25, -0.2) is 0 Å². The molecule has 0 N–H and O–H groups in total. The van der Waals surface area contributed by atoms with Crippen molar-refractivity contribution in [1.29, 1.82) is 0 Å². The number of hydrogen-bond acceptors (Lipinski definition) is 2. The Kier molecular flexibility index (Phi) is 5.60. The molecule has 2 heterocycles. The smallest absolute Gasteiger partial charge is 0.138 e. The lowest BCUT2D eigenvalue weighted by molar-refractivity contribution is 0.597. The third kappa shape index (κ3) is 3.82. The van der Waals surface area contributed by atoms with Crippen LogP contribution < -0.4 is 0 Å². The molecule has 212 valence electrons. The summed E-state index contributed by atoms with van der Waals surface area (Å²) < 4.78 is 12.9. The van der Waals surface area contributed by atoms with Gasteiger partial charge in [-0.3, -0.25) is 0 Å². The van der Waals surface area contributed by atoms with Crippen molar-refractivity contribution in [3.63, 3.8) is 0 Å². The lowest BCUT2D eigenvalue weighted by atomic mass is 9.84. The highest BCUT2D eigenvalue weighted by Crippen LogP contribution is 2.46. The fourth-order valence-electron chi connectivity index (χ4n) is 7.17. The van der Waals surface area contributed by atoms with Crippen LogP contribution >= 0.6 is 0 Å². The number of rotatable bonds is 4. The van der Waals surface area contributed by atoms with Crippen LogP contribution in [0.3, 0.4) is 0 Å². The predicted octanol–water partition coefficient (Wildman–Crippen LogP) is 12.4. The van der Waals surface area contributed by atoms with Crippen LogP contribution in [0.15, 0.2) is 155 Å². The molecule has 0 spiro atoms. The Morgan fingerprint density at radius 1 is 0.533 bits per heavy atom. The summed E-state index contributed by atoms with van der Waals surface area (Å²) in [7, 11) is 0. The van der Waals surface area contributed by atoms with E-state index < -0.39 is 0 Å². The molecule has 9 rings (SSSR count). The van der Waals surface area contributed by atoms with E-state index in [2.05, 4.69) is 135 Å². The monoisotopic (exact) mass is 576 g/mol. The maximum atomic E-state index is 6.56. The van der Waals surface area contributed by atoms with Crippen LogP contribution in [0.1, 0.15) is 16.9 Å². The van der Waals surface area contributed by atoms with Crippen molar-refractivity contribution in [1.82, 2.24) is 0 Å². The van der Waals surface area contributed by atoms with Gasteiger partial charge in [-0.15, -0.1) is 0 Å². The highest BCUT2D eigenvalue weighted by atomic mass is 16.3. The van der Waals surface area contributed by atoms with E-state index in [9.17, 15) is 0 Å². The lowest BCUT2D eigenvalue weighted by Gasteiger charge is -2.19. The van der Waals surface area contributed by atoms with E-state index in [1.54, 1.807) is 0 Å². The normalized spacial score (nSPS) is 12.3. The Bertz CT molecular complexity index is 2620. The van der Waals surface area contributed by atoms with Crippen LogP contribution in [0.25, 0.3) is 81.9 Å². The fraction of sp³-hybridized carbons (Fsp3) is 0.0233. The Morgan fingerprint density at radius 2 is 1.11 bits per heavy atom. The molecule has 45 heavy (non-hydrogen) atoms. The van der Waals surface area contributed by atoms with E-state index in [1.807, 2.05) is 18.2 Å². The second-order valence-corrected chi connectivity index (χ2v) is 11.7. The summed E-state index contributed by atoms with van der Waals surface area (Å²) in [6, 6.07) is 45.2. The van der Waals surface area contributed by atoms with Gasteiger partial charge >= 0.3 is 0 Å². The van der Waals surface area contributed by atoms with Crippen LogP contribution in [-0.4, -0.2) is 0 Å². The van der Waals surface area contributed by atoms with Gasteiger partial charge in [0.1, 0.15) is 22.5 Å². The molecule has 0 saturated heterocycles. The number of allylic oxidation sites excluding steroid dienone is 2. The van der Waals surface area contributed by atoms with Gasteiger partial charge in [-0.1, -0.05) is 116 Å². The molecule has 2 heteroatoms. The number of fused-ring (bicyclic) bond motifs is 7. The van der Waals surface area contributed by atoms with Crippen LogP contribution in [0, 0.1) is 6.92 Å². The summed E-state index contributed by atoms with van der Waals surface area (Å²) in [6.45, 7) is 6.24. The Morgan fingerprint density at radius 3 is 1.80 bits per heavy atom. The van der Waals surface area contributed by atoms with Crippen molar-refractivity contribution in [2.24, 2.45) is 0 Å². The first-order valence-corrected chi connectivity index (χ1v) is 15.3. The molecule has 0 aliphatic carbocycles. The van der Waals surface area contributed by atoms with Gasteiger partial charge in [0.25, 0.3) is 0 Å². The van der Waals surface area contributed by atoms with E-state index in [0.717, 1.165) is 60.9 Å². The van der Waals surface area contributed by atoms with E-state index in [-0.39, 0.29) is 0 Å². The minimum atomic E-state index is 0.873. The van der Waals surface area contributed by atoms with Crippen molar-refractivity contribution in [3.05, 3.63) is 163 Å². The molecule has 9 aromatic rings. The zero-order valence-corrected chi connectivity index (χ0v) is 24.8. The molecule has 0 unspecified atom stereocenters. The SMILES string of the molecule is C=C/C=C(\c1oc2ccccc2c1C)c1c2ccccc2c(-c2ccc3oc4cc5ccccc5cc4c3c2)c2ccccc12. The number of benzene rings is 7. The minimum absolute atomic E-state index is 0.873. The average molecular weight is 577 g/mol. The molecule has 0 atom stereocenters. The third-order valence-corrected chi connectivity index (χ3v) is 9.20. The molecule has 0 saturated carbocycles. The largest absolute Gasteiger partial charge is 0.456 e. The van der Waals surface area contributed by atoms with Crippen LogP contribution in [-0.2, 0) is 0 Å². The van der Waals surface area contributed by atoms with E-state index in [4.69, 9.17) is 8.83 Å². The Labute approximate surface area is 260 Å². The maximum Gasteiger partial charge on any atom is 0.138 e. The zero-order valence-electron chi connectivity index (χ0n) is 24.8. The topological polar surface area (TPSA) is 26.3 Å². The van der Waals surface area contributed by atoms with Crippen molar-refractivity contribution < 1.29 is 8.83 Å². The van der Waals surface area contributed by atoms with Gasteiger partial charge < -0.3 is 8.83 Å². The molecule has 0 aliphatic heterocycles. The summed E-state index contributed by atoms with van der Waals surface area (Å²) in [5.74, 6) is 0.873. The molecular formula is C43H28O2. The maximum absolute atomic E-state index is 6.56. The molecule has 2 nitrogen and oxygen atoms in total. The fourth-order valence-corrected chi connectivity index (χ4v) is 7.17. The number of hydrogen-bond donors (Lipinski definition) is 0.